The first-order valence-corrected chi connectivity index (χ1v) is 7.76. The van der Waals surface area contributed by atoms with E-state index in [-0.39, 0.29) is 11.3 Å². The van der Waals surface area contributed by atoms with Gasteiger partial charge < -0.3 is 9.80 Å². The molecule has 0 spiro atoms. The van der Waals surface area contributed by atoms with Gasteiger partial charge in [-0.1, -0.05) is 45.9 Å². The topological polar surface area (TPSA) is 23.6 Å². The van der Waals surface area contributed by atoms with Gasteiger partial charge in [-0.3, -0.25) is 4.79 Å². The Balaban J connectivity index is 2.32. The van der Waals surface area contributed by atoms with Gasteiger partial charge in [0.05, 0.1) is 6.54 Å². The van der Waals surface area contributed by atoms with E-state index in [4.69, 9.17) is 0 Å². The maximum atomic E-state index is 12.4. The number of likely N-dealkylation sites (N-methyl/N-ethyl adjacent to an activating group) is 1. The first-order chi connectivity index (χ1) is 9.70. The molecule has 0 aromatic heterocycles. The van der Waals surface area contributed by atoms with Crippen molar-refractivity contribution in [2.45, 2.75) is 45.6 Å². The van der Waals surface area contributed by atoms with Crippen LogP contribution in [0.4, 0.5) is 0 Å². The number of benzene rings is 1. The Labute approximate surface area is 128 Å². The van der Waals surface area contributed by atoms with E-state index in [1.54, 1.807) is 0 Å². The summed E-state index contributed by atoms with van der Waals surface area (Å²) in [7, 11) is 3.88. The minimum absolute atomic E-state index is 0.0189. The average molecular weight is 288 g/mol. The molecule has 1 heterocycles. The number of carbonyl (C=O) groups is 1. The standard InChI is InChI=1S/C18H28N2O/c1-13(2)14-7-8-16-15(9-14)10-20(12-18(16,3)4)17(21)11-19(5)6/h7-9,13H,10-12H2,1-6H3. The van der Waals surface area contributed by atoms with Crippen molar-refractivity contribution in [2.75, 3.05) is 27.2 Å². The van der Waals surface area contributed by atoms with E-state index in [2.05, 4.69) is 45.9 Å². The second-order valence-corrected chi connectivity index (χ2v) is 7.44. The molecular formula is C18H28N2O. The highest BCUT2D eigenvalue weighted by molar-refractivity contribution is 5.78. The second kappa shape index (κ2) is 5.80. The van der Waals surface area contributed by atoms with Crippen LogP contribution in [-0.4, -0.2) is 42.9 Å². The molecule has 0 unspecified atom stereocenters. The minimum Gasteiger partial charge on any atom is -0.336 e. The Hall–Kier alpha value is -1.35. The van der Waals surface area contributed by atoms with Crippen molar-refractivity contribution >= 4 is 5.91 Å². The molecule has 0 aliphatic carbocycles. The molecule has 0 saturated heterocycles. The average Bonchev–Trinajstić information content (AvgIpc) is 2.36. The summed E-state index contributed by atoms with van der Waals surface area (Å²) in [6.07, 6.45) is 0. The van der Waals surface area contributed by atoms with Crippen molar-refractivity contribution < 1.29 is 4.79 Å². The number of hydrogen-bond acceptors (Lipinski definition) is 2. The highest BCUT2D eigenvalue weighted by atomic mass is 16.2. The molecule has 116 valence electrons. The van der Waals surface area contributed by atoms with Crippen LogP contribution >= 0.6 is 0 Å². The zero-order valence-electron chi connectivity index (χ0n) is 14.2. The van der Waals surface area contributed by atoms with E-state index in [9.17, 15) is 4.79 Å². The molecule has 3 nitrogen and oxygen atoms in total. The van der Waals surface area contributed by atoms with Crippen LogP contribution in [0.5, 0.6) is 0 Å². The summed E-state index contributed by atoms with van der Waals surface area (Å²) in [5, 5.41) is 0. The number of amides is 1. The van der Waals surface area contributed by atoms with Crippen molar-refractivity contribution in [3.05, 3.63) is 34.9 Å². The van der Waals surface area contributed by atoms with Crippen molar-refractivity contribution in [1.29, 1.82) is 0 Å². The molecule has 0 fully saturated rings. The Bertz CT molecular complexity index is 532. The van der Waals surface area contributed by atoms with E-state index in [0.29, 0.717) is 12.5 Å². The summed E-state index contributed by atoms with van der Waals surface area (Å²) in [4.78, 5) is 16.4. The van der Waals surface area contributed by atoms with Crippen LogP contribution in [0.2, 0.25) is 0 Å². The fourth-order valence-corrected chi connectivity index (χ4v) is 3.13. The fraction of sp³-hybridized carbons (Fsp3) is 0.611. The van der Waals surface area contributed by atoms with Gasteiger partial charge in [0, 0.05) is 18.5 Å². The molecular weight excluding hydrogens is 260 g/mol. The molecule has 0 radical (unpaired) electrons. The lowest BCUT2D eigenvalue weighted by molar-refractivity contribution is -0.133. The van der Waals surface area contributed by atoms with Crippen LogP contribution in [0.15, 0.2) is 18.2 Å². The van der Waals surface area contributed by atoms with Crippen LogP contribution < -0.4 is 0 Å². The highest BCUT2D eigenvalue weighted by Crippen LogP contribution is 2.35. The van der Waals surface area contributed by atoms with Gasteiger partial charge in [0.25, 0.3) is 0 Å². The highest BCUT2D eigenvalue weighted by Gasteiger charge is 2.33. The SMILES string of the molecule is CC(C)c1ccc2c(c1)CN(C(=O)CN(C)C)CC2(C)C. The first kappa shape index (κ1) is 16.0. The molecule has 1 aliphatic heterocycles. The Morgan fingerprint density at radius 1 is 1.33 bits per heavy atom. The predicted octanol–water partition coefficient (Wildman–Crippen LogP) is 2.99. The normalized spacial score (nSPS) is 17.2. The third-order valence-electron chi connectivity index (χ3n) is 4.28. The van der Waals surface area contributed by atoms with Gasteiger partial charge in [0.15, 0.2) is 0 Å². The first-order valence-electron chi connectivity index (χ1n) is 7.76. The minimum atomic E-state index is 0.0189. The molecule has 1 amide bonds. The zero-order valence-corrected chi connectivity index (χ0v) is 14.2. The molecule has 0 atom stereocenters. The summed E-state index contributed by atoms with van der Waals surface area (Å²) < 4.78 is 0. The van der Waals surface area contributed by atoms with Crippen LogP contribution in [0, 0.1) is 0 Å². The van der Waals surface area contributed by atoms with Gasteiger partial charge >= 0.3 is 0 Å². The summed E-state index contributed by atoms with van der Waals surface area (Å²) in [6.45, 7) is 10.9. The molecule has 0 N–H and O–H groups in total. The number of fused-ring (bicyclic) bond motifs is 1. The molecule has 0 saturated carbocycles. The smallest absolute Gasteiger partial charge is 0.237 e. The maximum Gasteiger partial charge on any atom is 0.237 e. The Morgan fingerprint density at radius 2 is 2.00 bits per heavy atom. The fourth-order valence-electron chi connectivity index (χ4n) is 3.13. The quantitative estimate of drug-likeness (QED) is 0.853. The molecule has 1 aliphatic rings. The van der Waals surface area contributed by atoms with E-state index < -0.39 is 0 Å². The molecule has 21 heavy (non-hydrogen) atoms. The van der Waals surface area contributed by atoms with Gasteiger partial charge in [0.1, 0.15) is 0 Å². The van der Waals surface area contributed by atoms with Gasteiger partial charge in [0.2, 0.25) is 5.91 Å². The molecule has 1 aromatic rings. The molecule has 1 aromatic carbocycles. The van der Waals surface area contributed by atoms with E-state index in [1.165, 1.54) is 16.7 Å². The summed E-state index contributed by atoms with van der Waals surface area (Å²) in [6, 6.07) is 6.79. The van der Waals surface area contributed by atoms with E-state index in [1.807, 2.05) is 23.9 Å². The van der Waals surface area contributed by atoms with Crippen LogP contribution in [-0.2, 0) is 16.8 Å². The second-order valence-electron chi connectivity index (χ2n) is 7.44. The number of rotatable bonds is 3. The van der Waals surface area contributed by atoms with Crippen molar-refractivity contribution in [2.24, 2.45) is 0 Å². The number of carbonyl (C=O) groups excluding carboxylic acids is 1. The monoisotopic (exact) mass is 288 g/mol. The molecule has 3 heteroatoms. The molecule has 0 bridgehead atoms. The van der Waals surface area contributed by atoms with Gasteiger partial charge in [-0.15, -0.1) is 0 Å². The zero-order chi connectivity index (χ0) is 15.8. The van der Waals surface area contributed by atoms with Gasteiger partial charge in [-0.25, -0.2) is 0 Å². The Kier molecular flexibility index (Phi) is 4.43. The largest absolute Gasteiger partial charge is 0.336 e. The van der Waals surface area contributed by atoms with E-state index >= 15 is 0 Å². The van der Waals surface area contributed by atoms with E-state index in [0.717, 1.165) is 13.1 Å². The maximum absolute atomic E-state index is 12.4. The predicted molar refractivity (Wildman–Crippen MR) is 87.5 cm³/mol. The number of nitrogens with zero attached hydrogens (tertiary/aromatic N) is 2. The third-order valence-corrected chi connectivity index (χ3v) is 4.28. The van der Waals surface area contributed by atoms with Crippen LogP contribution in [0.1, 0.15) is 50.3 Å². The third kappa shape index (κ3) is 3.46. The summed E-state index contributed by atoms with van der Waals surface area (Å²) >= 11 is 0. The van der Waals surface area contributed by atoms with Gasteiger partial charge in [-0.05, 0) is 36.7 Å². The summed E-state index contributed by atoms with van der Waals surface area (Å²) in [5.74, 6) is 0.736. The lowest BCUT2D eigenvalue weighted by atomic mass is 9.77. The lowest BCUT2D eigenvalue weighted by Gasteiger charge is -2.40. The van der Waals surface area contributed by atoms with Gasteiger partial charge in [-0.2, -0.15) is 0 Å². The molecule has 2 rings (SSSR count). The van der Waals surface area contributed by atoms with Crippen LogP contribution in [0.25, 0.3) is 0 Å². The number of hydrogen-bond donors (Lipinski definition) is 0. The van der Waals surface area contributed by atoms with Crippen molar-refractivity contribution in [3.63, 3.8) is 0 Å². The van der Waals surface area contributed by atoms with Crippen molar-refractivity contribution in [1.82, 2.24) is 9.80 Å². The lowest BCUT2D eigenvalue weighted by Crippen LogP contribution is -2.47. The Morgan fingerprint density at radius 3 is 2.57 bits per heavy atom. The summed E-state index contributed by atoms with van der Waals surface area (Å²) in [5.41, 5.74) is 4.07. The van der Waals surface area contributed by atoms with Crippen molar-refractivity contribution in [3.8, 4) is 0 Å². The van der Waals surface area contributed by atoms with Crippen LogP contribution in [0.3, 0.4) is 0 Å².